The van der Waals surface area contributed by atoms with Crippen LogP contribution < -0.4 is 0 Å². The Morgan fingerprint density at radius 2 is 2.11 bits per heavy atom. The van der Waals surface area contributed by atoms with E-state index in [9.17, 15) is 0 Å². The highest BCUT2D eigenvalue weighted by Crippen LogP contribution is 2.28. The van der Waals surface area contributed by atoms with Gasteiger partial charge in [0, 0.05) is 12.6 Å². The predicted molar refractivity (Wildman–Crippen MR) is 68.0 cm³/mol. The maximum Gasteiger partial charge on any atom is 0.160 e. The fourth-order valence-electron chi connectivity index (χ4n) is 2.81. The molecule has 18 heavy (non-hydrogen) atoms. The average molecular weight is 240 g/mol. The van der Waals surface area contributed by atoms with Crippen LogP contribution in [0.1, 0.15) is 43.5 Å². The summed E-state index contributed by atoms with van der Waals surface area (Å²) in [5.41, 5.74) is 1.49. The Morgan fingerprint density at radius 1 is 1.28 bits per heavy atom. The summed E-state index contributed by atoms with van der Waals surface area (Å²) in [7, 11) is 0. The number of fused-ring (bicyclic) bond motifs is 1. The van der Waals surface area contributed by atoms with Crippen LogP contribution >= 0.6 is 0 Å². The van der Waals surface area contributed by atoms with Gasteiger partial charge in [0.05, 0.1) is 5.56 Å². The van der Waals surface area contributed by atoms with Gasteiger partial charge in [-0.05, 0) is 24.5 Å². The van der Waals surface area contributed by atoms with Gasteiger partial charge in [-0.15, -0.1) is 10.2 Å². The fourth-order valence-corrected chi connectivity index (χ4v) is 2.81. The van der Waals surface area contributed by atoms with Gasteiger partial charge in [0.1, 0.15) is 11.9 Å². The van der Waals surface area contributed by atoms with Crippen molar-refractivity contribution in [2.24, 2.45) is 5.92 Å². The smallest absolute Gasteiger partial charge is 0.160 e. The van der Waals surface area contributed by atoms with Crippen LogP contribution in [0.5, 0.6) is 0 Å². The van der Waals surface area contributed by atoms with E-state index >= 15 is 0 Å². The SMILES string of the molecule is N#Cc1ccc2nnc(CCC3CCCC3)n2c1. The molecule has 0 bridgehead atoms. The standard InChI is InChI=1S/C14H16N4/c15-9-12-6-8-14-17-16-13(18(14)10-12)7-5-11-3-1-2-4-11/h6,8,10-11H,1-5,7H2. The van der Waals surface area contributed by atoms with Gasteiger partial charge in [0.15, 0.2) is 5.65 Å². The number of nitriles is 1. The third kappa shape index (κ3) is 2.08. The van der Waals surface area contributed by atoms with E-state index in [4.69, 9.17) is 5.26 Å². The zero-order chi connectivity index (χ0) is 12.4. The molecule has 2 aromatic rings. The van der Waals surface area contributed by atoms with E-state index in [-0.39, 0.29) is 0 Å². The third-order valence-corrected chi connectivity index (χ3v) is 3.85. The summed E-state index contributed by atoms with van der Waals surface area (Å²) in [6, 6.07) is 5.79. The Bertz CT molecular complexity index is 587. The number of aromatic nitrogens is 3. The molecule has 1 aliphatic carbocycles. The molecular weight excluding hydrogens is 224 g/mol. The Balaban J connectivity index is 1.80. The number of nitrogens with zero attached hydrogens (tertiary/aromatic N) is 4. The molecule has 0 aromatic carbocycles. The summed E-state index contributed by atoms with van der Waals surface area (Å²) in [6.07, 6.45) is 9.46. The first-order valence-corrected chi connectivity index (χ1v) is 6.60. The highest BCUT2D eigenvalue weighted by molar-refractivity contribution is 5.42. The molecule has 2 aromatic heterocycles. The van der Waals surface area contributed by atoms with Crippen LogP contribution in [-0.2, 0) is 6.42 Å². The van der Waals surface area contributed by atoms with Crippen LogP contribution in [0.2, 0.25) is 0 Å². The molecule has 1 aliphatic rings. The third-order valence-electron chi connectivity index (χ3n) is 3.85. The number of rotatable bonds is 3. The minimum Gasteiger partial charge on any atom is -0.285 e. The van der Waals surface area contributed by atoms with E-state index in [1.54, 1.807) is 6.07 Å². The topological polar surface area (TPSA) is 54.0 Å². The Hall–Kier alpha value is -1.89. The second-order valence-electron chi connectivity index (χ2n) is 5.06. The van der Waals surface area contributed by atoms with Crippen LogP contribution in [0.15, 0.2) is 18.3 Å². The van der Waals surface area contributed by atoms with Crippen LogP contribution in [0.3, 0.4) is 0 Å². The molecule has 0 radical (unpaired) electrons. The first-order chi connectivity index (χ1) is 8.86. The monoisotopic (exact) mass is 240 g/mol. The maximum atomic E-state index is 8.92. The summed E-state index contributed by atoms with van der Waals surface area (Å²) in [5.74, 6) is 1.84. The van der Waals surface area contributed by atoms with Crippen molar-refractivity contribution in [1.29, 1.82) is 5.26 Å². The second kappa shape index (κ2) is 4.77. The largest absolute Gasteiger partial charge is 0.285 e. The zero-order valence-electron chi connectivity index (χ0n) is 10.3. The zero-order valence-corrected chi connectivity index (χ0v) is 10.3. The average Bonchev–Trinajstić information content (AvgIpc) is 3.05. The van der Waals surface area contributed by atoms with E-state index in [2.05, 4.69) is 16.3 Å². The molecule has 1 saturated carbocycles. The van der Waals surface area contributed by atoms with E-state index in [1.807, 2.05) is 16.7 Å². The highest BCUT2D eigenvalue weighted by atomic mass is 15.2. The van der Waals surface area contributed by atoms with E-state index in [0.29, 0.717) is 5.56 Å². The first-order valence-electron chi connectivity index (χ1n) is 6.60. The van der Waals surface area contributed by atoms with E-state index in [0.717, 1.165) is 23.8 Å². The predicted octanol–water partition coefficient (Wildman–Crippen LogP) is 2.72. The fraction of sp³-hybridized carbons (Fsp3) is 0.500. The summed E-state index contributed by atoms with van der Waals surface area (Å²) in [6.45, 7) is 0. The Labute approximate surface area is 106 Å². The van der Waals surface area contributed by atoms with Gasteiger partial charge in [0.2, 0.25) is 0 Å². The minimum absolute atomic E-state index is 0.657. The van der Waals surface area contributed by atoms with E-state index < -0.39 is 0 Å². The molecule has 3 rings (SSSR count). The van der Waals surface area contributed by atoms with Gasteiger partial charge in [-0.1, -0.05) is 25.7 Å². The molecule has 0 saturated heterocycles. The molecule has 0 unspecified atom stereocenters. The van der Waals surface area contributed by atoms with Crippen molar-refractivity contribution in [2.45, 2.75) is 38.5 Å². The molecule has 0 amide bonds. The van der Waals surface area contributed by atoms with Crippen molar-refractivity contribution in [1.82, 2.24) is 14.6 Å². The van der Waals surface area contributed by atoms with Crippen LogP contribution in [0, 0.1) is 17.2 Å². The van der Waals surface area contributed by atoms with Crippen molar-refractivity contribution >= 4 is 5.65 Å². The summed E-state index contributed by atoms with van der Waals surface area (Å²) in [5, 5.41) is 17.3. The maximum absolute atomic E-state index is 8.92. The van der Waals surface area contributed by atoms with Gasteiger partial charge >= 0.3 is 0 Å². The minimum atomic E-state index is 0.657. The summed E-state index contributed by atoms with van der Waals surface area (Å²) >= 11 is 0. The van der Waals surface area contributed by atoms with Gasteiger partial charge in [-0.2, -0.15) is 5.26 Å². The molecule has 0 spiro atoms. The number of hydrogen-bond acceptors (Lipinski definition) is 3. The number of pyridine rings is 1. The lowest BCUT2D eigenvalue weighted by molar-refractivity contribution is 0.496. The van der Waals surface area contributed by atoms with Gasteiger partial charge in [-0.25, -0.2) is 0 Å². The second-order valence-corrected chi connectivity index (χ2v) is 5.06. The molecule has 1 fully saturated rings. The molecule has 92 valence electrons. The molecule has 0 aliphatic heterocycles. The Kier molecular flexibility index (Phi) is 2.97. The molecule has 0 N–H and O–H groups in total. The molecular formula is C14H16N4. The van der Waals surface area contributed by atoms with Crippen LogP contribution in [0.25, 0.3) is 5.65 Å². The van der Waals surface area contributed by atoms with E-state index in [1.165, 1.54) is 32.1 Å². The Morgan fingerprint density at radius 3 is 2.89 bits per heavy atom. The van der Waals surface area contributed by atoms with Gasteiger partial charge in [0.25, 0.3) is 0 Å². The molecule has 4 nitrogen and oxygen atoms in total. The molecule has 4 heteroatoms. The summed E-state index contributed by atoms with van der Waals surface area (Å²) in [4.78, 5) is 0. The lowest BCUT2D eigenvalue weighted by Gasteiger charge is -2.07. The lowest BCUT2D eigenvalue weighted by atomic mass is 10.0. The summed E-state index contributed by atoms with van der Waals surface area (Å²) < 4.78 is 1.95. The van der Waals surface area contributed by atoms with Crippen LogP contribution in [-0.4, -0.2) is 14.6 Å². The van der Waals surface area contributed by atoms with Crippen molar-refractivity contribution in [3.05, 3.63) is 29.7 Å². The number of hydrogen-bond donors (Lipinski definition) is 0. The van der Waals surface area contributed by atoms with Crippen molar-refractivity contribution in [2.75, 3.05) is 0 Å². The van der Waals surface area contributed by atoms with Gasteiger partial charge in [-0.3, -0.25) is 4.40 Å². The van der Waals surface area contributed by atoms with Crippen molar-refractivity contribution in [3.8, 4) is 6.07 Å². The van der Waals surface area contributed by atoms with Crippen molar-refractivity contribution in [3.63, 3.8) is 0 Å². The first kappa shape index (κ1) is 11.2. The normalized spacial score (nSPS) is 16.2. The quantitative estimate of drug-likeness (QED) is 0.828. The number of aryl methyl sites for hydroxylation is 1. The van der Waals surface area contributed by atoms with Crippen LogP contribution in [0.4, 0.5) is 0 Å². The van der Waals surface area contributed by atoms with Crippen molar-refractivity contribution < 1.29 is 0 Å². The molecule has 2 heterocycles. The highest BCUT2D eigenvalue weighted by Gasteiger charge is 2.16. The lowest BCUT2D eigenvalue weighted by Crippen LogP contribution is -2.01. The van der Waals surface area contributed by atoms with Gasteiger partial charge < -0.3 is 0 Å². The molecule has 0 atom stereocenters.